The van der Waals surface area contributed by atoms with E-state index in [4.69, 9.17) is 0 Å². The third-order valence-corrected chi connectivity index (χ3v) is 4.76. The topological polar surface area (TPSA) is 62.4 Å². The van der Waals surface area contributed by atoms with Crippen molar-refractivity contribution in [2.45, 2.75) is 45.6 Å². The Labute approximate surface area is 143 Å². The van der Waals surface area contributed by atoms with Crippen LogP contribution in [-0.2, 0) is 19.6 Å². The van der Waals surface area contributed by atoms with Crippen molar-refractivity contribution in [1.82, 2.24) is 29.1 Å². The summed E-state index contributed by atoms with van der Waals surface area (Å²) in [5, 5.41) is 14.4. The number of aromatic nitrogens is 4. The summed E-state index contributed by atoms with van der Waals surface area (Å²) in [6.07, 6.45) is 7.17. The average Bonchev–Trinajstić information content (AvgIpc) is 3.21. The Morgan fingerprint density at radius 3 is 2.83 bits per heavy atom. The third-order valence-electron chi connectivity index (χ3n) is 4.76. The molecule has 0 amide bonds. The van der Waals surface area contributed by atoms with Crippen LogP contribution in [0.15, 0.2) is 30.9 Å². The minimum absolute atomic E-state index is 0.386. The zero-order valence-corrected chi connectivity index (χ0v) is 14.6. The highest BCUT2D eigenvalue weighted by Gasteiger charge is 2.26. The molecule has 3 rings (SSSR count). The minimum atomic E-state index is -0.386. The summed E-state index contributed by atoms with van der Waals surface area (Å²) < 4.78 is 3.99. The Balaban J connectivity index is 1.48. The monoisotopic (exact) mass is 332 g/mol. The molecular weight excluding hydrogens is 304 g/mol. The molecule has 0 bridgehead atoms. The predicted octanol–water partition coefficient (Wildman–Crippen LogP) is 0.667. The van der Waals surface area contributed by atoms with E-state index in [1.807, 2.05) is 24.7 Å². The van der Waals surface area contributed by atoms with Crippen molar-refractivity contribution in [2.24, 2.45) is 0 Å². The fourth-order valence-corrected chi connectivity index (χ4v) is 3.41. The quantitative estimate of drug-likeness (QED) is 0.807. The van der Waals surface area contributed by atoms with Crippen LogP contribution in [0.5, 0.6) is 0 Å². The van der Waals surface area contributed by atoms with Crippen LogP contribution in [0.1, 0.15) is 19.7 Å². The first-order valence-electron chi connectivity index (χ1n) is 8.77. The number of aryl methyl sites for hydroxylation is 1. The molecule has 0 aromatic carbocycles. The van der Waals surface area contributed by atoms with E-state index in [-0.39, 0.29) is 6.10 Å². The Kier molecular flexibility index (Phi) is 5.65. The molecule has 0 unspecified atom stereocenters. The molecule has 1 N–H and O–H groups in total. The molecule has 7 nitrogen and oxygen atoms in total. The number of piperazine rings is 1. The van der Waals surface area contributed by atoms with Gasteiger partial charge in [-0.3, -0.25) is 14.5 Å². The summed E-state index contributed by atoms with van der Waals surface area (Å²) >= 11 is 0. The molecule has 0 spiro atoms. The molecule has 0 saturated carbocycles. The van der Waals surface area contributed by atoms with Crippen LogP contribution in [-0.4, -0.2) is 72.6 Å². The van der Waals surface area contributed by atoms with Gasteiger partial charge in [0.15, 0.2) is 0 Å². The van der Waals surface area contributed by atoms with Crippen molar-refractivity contribution in [3.8, 4) is 0 Å². The second-order valence-electron chi connectivity index (χ2n) is 6.59. The van der Waals surface area contributed by atoms with Crippen molar-refractivity contribution < 1.29 is 5.11 Å². The first-order valence-corrected chi connectivity index (χ1v) is 8.77. The minimum Gasteiger partial charge on any atom is -0.390 e. The molecular formula is C17H28N6O. The second kappa shape index (κ2) is 7.92. The van der Waals surface area contributed by atoms with Gasteiger partial charge in [0.2, 0.25) is 0 Å². The van der Waals surface area contributed by atoms with Crippen molar-refractivity contribution in [3.63, 3.8) is 0 Å². The molecule has 0 aliphatic carbocycles. The first kappa shape index (κ1) is 17.1. The Hall–Kier alpha value is -1.70. The molecule has 2 aromatic heterocycles. The van der Waals surface area contributed by atoms with E-state index in [0.717, 1.165) is 38.5 Å². The van der Waals surface area contributed by atoms with Crippen LogP contribution in [0.4, 0.5) is 0 Å². The largest absolute Gasteiger partial charge is 0.390 e. The number of hydrogen-bond donors (Lipinski definition) is 1. The Morgan fingerprint density at radius 2 is 2.12 bits per heavy atom. The lowest BCUT2D eigenvalue weighted by atomic mass is 10.1. The maximum Gasteiger partial charge on any atom is 0.122 e. The molecule has 3 heterocycles. The van der Waals surface area contributed by atoms with Crippen LogP contribution in [0.2, 0.25) is 0 Å². The third kappa shape index (κ3) is 4.23. The van der Waals surface area contributed by atoms with Crippen LogP contribution < -0.4 is 0 Å². The normalized spacial score (nSPS) is 21.2. The van der Waals surface area contributed by atoms with Crippen LogP contribution in [0, 0.1) is 0 Å². The summed E-state index contributed by atoms with van der Waals surface area (Å²) in [5.41, 5.74) is 0. The highest BCUT2D eigenvalue weighted by molar-refractivity contribution is 4.94. The lowest BCUT2D eigenvalue weighted by Gasteiger charge is -2.40. The van der Waals surface area contributed by atoms with Crippen LogP contribution in [0.3, 0.4) is 0 Å². The van der Waals surface area contributed by atoms with Crippen LogP contribution >= 0.6 is 0 Å². The van der Waals surface area contributed by atoms with Gasteiger partial charge in [0.1, 0.15) is 5.82 Å². The van der Waals surface area contributed by atoms with Gasteiger partial charge in [0.25, 0.3) is 0 Å². The Morgan fingerprint density at radius 1 is 1.25 bits per heavy atom. The van der Waals surface area contributed by atoms with E-state index in [9.17, 15) is 5.11 Å². The SMILES string of the molecule is CCn1ccnc1CN1CCN(C[C@@H](O)Cn2cccn2)C[C@H]1C. The van der Waals surface area contributed by atoms with E-state index < -0.39 is 0 Å². The highest BCUT2D eigenvalue weighted by atomic mass is 16.3. The number of nitrogens with zero attached hydrogens (tertiary/aromatic N) is 6. The van der Waals surface area contributed by atoms with Gasteiger partial charge < -0.3 is 9.67 Å². The van der Waals surface area contributed by atoms with Crippen molar-refractivity contribution in [2.75, 3.05) is 26.2 Å². The van der Waals surface area contributed by atoms with Gasteiger partial charge in [-0.15, -0.1) is 0 Å². The van der Waals surface area contributed by atoms with Gasteiger partial charge >= 0.3 is 0 Å². The number of hydrogen-bond acceptors (Lipinski definition) is 5. The lowest BCUT2D eigenvalue weighted by Crippen LogP contribution is -2.53. The molecule has 1 aliphatic heterocycles. The molecule has 7 heteroatoms. The van der Waals surface area contributed by atoms with Gasteiger partial charge in [0.05, 0.1) is 19.2 Å². The van der Waals surface area contributed by atoms with E-state index >= 15 is 0 Å². The molecule has 24 heavy (non-hydrogen) atoms. The molecule has 2 atom stereocenters. The maximum absolute atomic E-state index is 10.3. The molecule has 1 aliphatic rings. The summed E-state index contributed by atoms with van der Waals surface area (Å²) in [4.78, 5) is 9.31. The van der Waals surface area contributed by atoms with Crippen molar-refractivity contribution in [1.29, 1.82) is 0 Å². The summed E-state index contributed by atoms with van der Waals surface area (Å²) in [6.45, 7) is 10.5. The zero-order valence-electron chi connectivity index (χ0n) is 14.6. The van der Waals surface area contributed by atoms with E-state index in [2.05, 4.69) is 38.3 Å². The first-order chi connectivity index (χ1) is 11.7. The van der Waals surface area contributed by atoms with Gasteiger partial charge in [-0.2, -0.15) is 5.10 Å². The number of rotatable bonds is 7. The number of aliphatic hydroxyl groups excluding tert-OH is 1. The lowest BCUT2D eigenvalue weighted by molar-refractivity contribution is 0.0344. The number of β-amino-alcohol motifs (C(OH)–C–C–N with tert-alkyl or cyclic N) is 1. The average molecular weight is 332 g/mol. The molecule has 2 aromatic rings. The summed E-state index contributed by atoms with van der Waals surface area (Å²) in [5.74, 6) is 1.14. The van der Waals surface area contributed by atoms with Gasteiger partial charge in [-0.25, -0.2) is 4.98 Å². The smallest absolute Gasteiger partial charge is 0.122 e. The van der Waals surface area contributed by atoms with Crippen molar-refractivity contribution >= 4 is 0 Å². The number of imidazole rings is 1. The van der Waals surface area contributed by atoms with Gasteiger partial charge in [-0.05, 0) is 19.9 Å². The molecule has 1 fully saturated rings. The van der Waals surface area contributed by atoms with Gasteiger partial charge in [0, 0.05) is 63.6 Å². The van der Waals surface area contributed by atoms with E-state index in [0.29, 0.717) is 19.1 Å². The predicted molar refractivity (Wildman–Crippen MR) is 92.4 cm³/mol. The molecule has 132 valence electrons. The molecule has 0 radical (unpaired) electrons. The summed E-state index contributed by atoms with van der Waals surface area (Å²) in [7, 11) is 0. The van der Waals surface area contributed by atoms with E-state index in [1.54, 1.807) is 10.9 Å². The summed E-state index contributed by atoms with van der Waals surface area (Å²) in [6, 6.07) is 2.34. The highest BCUT2D eigenvalue weighted by Crippen LogP contribution is 2.14. The fraction of sp³-hybridized carbons (Fsp3) is 0.647. The van der Waals surface area contributed by atoms with Crippen LogP contribution in [0.25, 0.3) is 0 Å². The standard InChI is InChI=1S/C17H28N6O/c1-3-21-8-6-18-17(21)14-22-10-9-20(11-15(22)2)12-16(24)13-23-7-4-5-19-23/h4-8,15-16,24H,3,9-14H2,1-2H3/t15-,16-/m1/s1. The molecule has 1 saturated heterocycles. The fourth-order valence-electron chi connectivity index (χ4n) is 3.41. The maximum atomic E-state index is 10.3. The van der Waals surface area contributed by atoms with E-state index in [1.165, 1.54) is 0 Å². The zero-order chi connectivity index (χ0) is 16.9. The van der Waals surface area contributed by atoms with Gasteiger partial charge in [-0.1, -0.05) is 0 Å². The second-order valence-corrected chi connectivity index (χ2v) is 6.59. The van der Waals surface area contributed by atoms with Crippen molar-refractivity contribution in [3.05, 3.63) is 36.7 Å². The number of aliphatic hydroxyl groups is 1. The Bertz CT molecular complexity index is 610.